The van der Waals surface area contributed by atoms with Gasteiger partial charge in [0.15, 0.2) is 0 Å². The van der Waals surface area contributed by atoms with E-state index >= 15 is 0 Å². The number of benzene rings is 2. The van der Waals surface area contributed by atoms with Crippen molar-refractivity contribution in [3.8, 4) is 0 Å². The van der Waals surface area contributed by atoms with Crippen molar-refractivity contribution >= 4 is 41.0 Å². The number of nitrogens with zero attached hydrogens (tertiary/aromatic N) is 1. The molecule has 2 aliphatic heterocycles. The van der Waals surface area contributed by atoms with Crippen molar-refractivity contribution < 1.29 is 19.2 Å². The van der Waals surface area contributed by atoms with Crippen molar-refractivity contribution in [2.75, 3.05) is 18.4 Å². The molecule has 0 radical (unpaired) electrons. The lowest BCUT2D eigenvalue weighted by Crippen LogP contribution is -2.44. The number of carbonyl (C=O) groups excluding carboxylic acids is 4. The second-order valence-electron chi connectivity index (χ2n) is 8.92. The summed E-state index contributed by atoms with van der Waals surface area (Å²) < 4.78 is 0. The zero-order chi connectivity index (χ0) is 24.3. The third kappa shape index (κ3) is 5.07. The maximum atomic E-state index is 13.3. The van der Waals surface area contributed by atoms with Crippen molar-refractivity contribution in [3.05, 3.63) is 64.2 Å². The van der Waals surface area contributed by atoms with Gasteiger partial charge in [0.25, 0.3) is 5.91 Å². The van der Waals surface area contributed by atoms with Crippen LogP contribution < -0.4 is 16.0 Å². The Morgan fingerprint density at radius 2 is 1.94 bits per heavy atom. The zero-order valence-electron chi connectivity index (χ0n) is 18.9. The highest BCUT2D eigenvalue weighted by Crippen LogP contribution is 2.38. The van der Waals surface area contributed by atoms with E-state index in [2.05, 4.69) is 16.0 Å². The molecule has 1 atom stereocenters. The highest BCUT2D eigenvalue weighted by Gasteiger charge is 2.47. The van der Waals surface area contributed by atoms with Gasteiger partial charge in [0.1, 0.15) is 0 Å². The van der Waals surface area contributed by atoms with Gasteiger partial charge in [0, 0.05) is 42.3 Å². The second-order valence-corrected chi connectivity index (χ2v) is 9.32. The maximum absolute atomic E-state index is 13.3. The van der Waals surface area contributed by atoms with Gasteiger partial charge in [-0.15, -0.1) is 0 Å². The molecule has 8 nitrogen and oxygen atoms in total. The first-order chi connectivity index (χ1) is 16.3. The van der Waals surface area contributed by atoms with Crippen LogP contribution in [0, 0.1) is 12.3 Å². The second kappa shape index (κ2) is 9.85. The molecule has 178 valence electrons. The molecule has 3 N–H and O–H groups in total. The molecule has 0 aromatic heterocycles. The molecule has 0 bridgehead atoms. The highest BCUT2D eigenvalue weighted by molar-refractivity contribution is 6.31. The van der Waals surface area contributed by atoms with E-state index in [9.17, 15) is 19.2 Å². The van der Waals surface area contributed by atoms with Crippen LogP contribution >= 0.6 is 11.6 Å². The fourth-order valence-corrected chi connectivity index (χ4v) is 4.71. The standard InChI is InChI=1S/C25H27ClN4O4/c1-16-8-9-18(13-20(16)26)28-24(34)27-14-17-5-2-3-6-19(17)22(32)30-12-11-25(15-30)10-4-7-21(31)29-23(25)33/h2-3,5-6,8-9,13H,4,7,10-12,14-15H2,1H3,(H2,27,28,34)(H,29,31,33). The summed E-state index contributed by atoms with van der Waals surface area (Å²) in [6, 6.07) is 11.9. The summed E-state index contributed by atoms with van der Waals surface area (Å²) >= 11 is 6.11. The molecule has 0 saturated carbocycles. The lowest BCUT2D eigenvalue weighted by atomic mass is 9.82. The van der Waals surface area contributed by atoms with Gasteiger partial charge in [-0.05, 0) is 55.5 Å². The smallest absolute Gasteiger partial charge is 0.319 e. The third-order valence-corrected chi connectivity index (χ3v) is 6.96. The number of halogens is 1. The lowest BCUT2D eigenvalue weighted by molar-refractivity contribution is -0.135. The molecule has 4 rings (SSSR count). The van der Waals surface area contributed by atoms with Crippen molar-refractivity contribution in [3.63, 3.8) is 0 Å². The van der Waals surface area contributed by atoms with Crippen LogP contribution in [0.4, 0.5) is 10.5 Å². The number of nitrogens with one attached hydrogen (secondary N) is 3. The van der Waals surface area contributed by atoms with Gasteiger partial charge in [0.05, 0.1) is 5.41 Å². The van der Waals surface area contributed by atoms with Crippen LogP contribution in [0.25, 0.3) is 0 Å². The average Bonchev–Trinajstić information content (AvgIpc) is 3.19. The summed E-state index contributed by atoms with van der Waals surface area (Å²) in [5.41, 5.74) is 1.91. The molecule has 2 aliphatic rings. The molecule has 9 heteroatoms. The van der Waals surface area contributed by atoms with Crippen LogP contribution in [0.15, 0.2) is 42.5 Å². The van der Waals surface area contributed by atoms with Crippen LogP contribution in [0.1, 0.15) is 47.2 Å². The molecular formula is C25H27ClN4O4. The van der Waals surface area contributed by atoms with E-state index in [0.717, 1.165) is 5.56 Å². The zero-order valence-corrected chi connectivity index (χ0v) is 19.7. The topological polar surface area (TPSA) is 108 Å². The Hall–Kier alpha value is -3.39. The quantitative estimate of drug-likeness (QED) is 0.578. The number of amides is 5. The van der Waals surface area contributed by atoms with Crippen LogP contribution in [-0.2, 0) is 16.1 Å². The van der Waals surface area contributed by atoms with Crippen molar-refractivity contribution in [2.45, 2.75) is 39.2 Å². The summed E-state index contributed by atoms with van der Waals surface area (Å²) in [4.78, 5) is 51.8. The van der Waals surface area contributed by atoms with E-state index in [1.165, 1.54) is 0 Å². The first kappa shape index (κ1) is 23.8. The predicted octanol–water partition coefficient (Wildman–Crippen LogP) is 3.63. The minimum Gasteiger partial charge on any atom is -0.338 e. The van der Waals surface area contributed by atoms with Gasteiger partial charge in [-0.25, -0.2) is 4.79 Å². The van der Waals surface area contributed by atoms with Gasteiger partial charge < -0.3 is 15.5 Å². The predicted molar refractivity (Wildman–Crippen MR) is 128 cm³/mol. The van der Waals surface area contributed by atoms with Crippen molar-refractivity contribution in [2.24, 2.45) is 5.41 Å². The Kier molecular flexibility index (Phi) is 6.88. The van der Waals surface area contributed by atoms with Crippen molar-refractivity contribution in [1.29, 1.82) is 0 Å². The molecule has 2 aromatic rings. The van der Waals surface area contributed by atoms with E-state index in [0.29, 0.717) is 54.1 Å². The number of anilines is 1. The molecular weight excluding hydrogens is 456 g/mol. The van der Waals surface area contributed by atoms with Gasteiger partial charge in [0.2, 0.25) is 11.8 Å². The normalized spacial score (nSPS) is 20.1. The number of carbonyl (C=O) groups is 4. The molecule has 2 saturated heterocycles. The number of hydrogen-bond donors (Lipinski definition) is 3. The van der Waals surface area contributed by atoms with Crippen LogP contribution in [0.2, 0.25) is 5.02 Å². The van der Waals surface area contributed by atoms with Gasteiger partial charge in [-0.3, -0.25) is 19.7 Å². The molecule has 34 heavy (non-hydrogen) atoms. The first-order valence-corrected chi connectivity index (χ1v) is 11.7. The van der Waals surface area contributed by atoms with E-state index < -0.39 is 11.4 Å². The van der Waals surface area contributed by atoms with Crippen LogP contribution in [0.3, 0.4) is 0 Å². The van der Waals surface area contributed by atoms with Gasteiger partial charge in [-0.2, -0.15) is 0 Å². The fourth-order valence-electron chi connectivity index (χ4n) is 4.53. The van der Waals surface area contributed by atoms with Gasteiger partial charge >= 0.3 is 6.03 Å². The largest absolute Gasteiger partial charge is 0.338 e. The van der Waals surface area contributed by atoms with E-state index in [4.69, 9.17) is 11.6 Å². The lowest BCUT2D eigenvalue weighted by Gasteiger charge is -2.26. The van der Waals surface area contributed by atoms with E-state index in [1.54, 1.807) is 41.3 Å². The number of aryl methyl sites for hydroxylation is 1. The Labute approximate surface area is 203 Å². The SMILES string of the molecule is Cc1ccc(NC(=O)NCc2ccccc2C(=O)N2CCC3(CCCC(=O)NC3=O)C2)cc1Cl. The molecule has 2 aromatic carbocycles. The summed E-state index contributed by atoms with van der Waals surface area (Å²) in [5.74, 6) is -0.731. The maximum Gasteiger partial charge on any atom is 0.319 e. The first-order valence-electron chi connectivity index (χ1n) is 11.3. The summed E-state index contributed by atoms with van der Waals surface area (Å²) in [5, 5.41) is 8.54. The summed E-state index contributed by atoms with van der Waals surface area (Å²) in [7, 11) is 0. The molecule has 2 fully saturated rings. The van der Waals surface area contributed by atoms with E-state index in [1.807, 2.05) is 13.0 Å². The number of hydrogen-bond acceptors (Lipinski definition) is 4. The summed E-state index contributed by atoms with van der Waals surface area (Å²) in [6.07, 6.45) is 2.06. The minimum atomic E-state index is -0.718. The molecule has 1 spiro atoms. The van der Waals surface area contributed by atoms with Gasteiger partial charge in [-0.1, -0.05) is 35.9 Å². The third-order valence-electron chi connectivity index (χ3n) is 6.55. The molecule has 0 aliphatic carbocycles. The number of urea groups is 1. The average molecular weight is 483 g/mol. The Bertz CT molecular complexity index is 1150. The van der Waals surface area contributed by atoms with Crippen LogP contribution in [0.5, 0.6) is 0 Å². The van der Waals surface area contributed by atoms with Crippen LogP contribution in [-0.4, -0.2) is 41.7 Å². The number of rotatable bonds is 4. The monoisotopic (exact) mass is 482 g/mol. The van der Waals surface area contributed by atoms with E-state index in [-0.39, 0.29) is 30.8 Å². The molecule has 1 unspecified atom stereocenters. The number of likely N-dealkylation sites (tertiary alicyclic amines) is 1. The fraction of sp³-hybridized carbons (Fsp3) is 0.360. The number of imide groups is 1. The Balaban J connectivity index is 1.41. The minimum absolute atomic E-state index is 0.154. The Morgan fingerprint density at radius 1 is 1.15 bits per heavy atom. The molecule has 5 amide bonds. The molecule has 2 heterocycles. The van der Waals surface area contributed by atoms with Crippen molar-refractivity contribution in [1.82, 2.24) is 15.5 Å². The Morgan fingerprint density at radius 3 is 2.74 bits per heavy atom. The summed E-state index contributed by atoms with van der Waals surface area (Å²) in [6.45, 7) is 2.75. The highest BCUT2D eigenvalue weighted by atomic mass is 35.5.